The monoisotopic (exact) mass is 232 g/mol. The first kappa shape index (κ1) is 12.6. The van der Waals surface area contributed by atoms with Crippen molar-refractivity contribution in [1.29, 1.82) is 0 Å². The van der Waals surface area contributed by atoms with Crippen molar-refractivity contribution in [3.63, 3.8) is 0 Å². The second-order valence-corrected chi connectivity index (χ2v) is 5.18. The average Bonchev–Trinajstić information content (AvgIpc) is 2.83. The lowest BCUT2D eigenvalue weighted by molar-refractivity contribution is 0.361. The van der Waals surface area contributed by atoms with Gasteiger partial charge in [-0.25, -0.2) is 0 Å². The van der Waals surface area contributed by atoms with Crippen molar-refractivity contribution in [2.24, 2.45) is 5.92 Å². The van der Waals surface area contributed by atoms with E-state index in [0.717, 1.165) is 18.2 Å². The fourth-order valence-corrected chi connectivity index (χ4v) is 2.84. The minimum absolute atomic E-state index is 0.470. The number of aryl methyl sites for hydroxylation is 1. The highest BCUT2D eigenvalue weighted by molar-refractivity contribution is 5.14. The summed E-state index contributed by atoms with van der Waals surface area (Å²) in [7, 11) is 0. The summed E-state index contributed by atoms with van der Waals surface area (Å²) in [6.07, 6.45) is 6.69. The molecule has 0 bridgehead atoms. The lowest BCUT2D eigenvalue weighted by Gasteiger charge is -2.24. The van der Waals surface area contributed by atoms with Gasteiger partial charge >= 0.3 is 0 Å². The Balaban J connectivity index is 2.13. The van der Waals surface area contributed by atoms with Gasteiger partial charge in [0.05, 0.1) is 11.7 Å². The Morgan fingerprint density at radius 2 is 2.12 bits per heavy atom. The minimum Gasteiger partial charge on any atom is -0.308 e. The molecule has 1 aromatic heterocycles. The Labute approximate surface area is 105 Å². The SMILES string of the molecule is CCCNC(c1cccc(C)n1)C1CCCC1. The molecule has 1 atom stereocenters. The van der Waals surface area contributed by atoms with Gasteiger partial charge in [-0.05, 0) is 50.8 Å². The fourth-order valence-electron chi connectivity index (χ4n) is 2.84. The van der Waals surface area contributed by atoms with Gasteiger partial charge in [0.2, 0.25) is 0 Å². The van der Waals surface area contributed by atoms with Crippen LogP contribution in [0, 0.1) is 12.8 Å². The summed E-state index contributed by atoms with van der Waals surface area (Å²) in [5.41, 5.74) is 2.37. The van der Waals surface area contributed by atoms with E-state index in [1.54, 1.807) is 0 Å². The van der Waals surface area contributed by atoms with Gasteiger partial charge in [0.15, 0.2) is 0 Å². The number of nitrogens with zero attached hydrogens (tertiary/aromatic N) is 1. The lowest BCUT2D eigenvalue weighted by atomic mass is 9.94. The van der Waals surface area contributed by atoms with Crippen LogP contribution in [0.1, 0.15) is 56.5 Å². The molecular formula is C15H24N2. The summed E-state index contributed by atoms with van der Waals surface area (Å²) in [5.74, 6) is 0.788. The first-order valence-corrected chi connectivity index (χ1v) is 6.98. The molecule has 94 valence electrons. The molecule has 1 aromatic rings. The number of aromatic nitrogens is 1. The summed E-state index contributed by atoms with van der Waals surface area (Å²) in [5, 5.41) is 3.69. The van der Waals surface area contributed by atoms with Crippen LogP contribution in [0.3, 0.4) is 0 Å². The van der Waals surface area contributed by atoms with Gasteiger partial charge in [-0.1, -0.05) is 25.8 Å². The molecule has 2 heteroatoms. The zero-order valence-corrected chi connectivity index (χ0v) is 11.1. The Kier molecular flexibility index (Phi) is 4.55. The normalized spacial score (nSPS) is 18.5. The zero-order chi connectivity index (χ0) is 12.1. The van der Waals surface area contributed by atoms with Crippen molar-refractivity contribution in [3.05, 3.63) is 29.6 Å². The second kappa shape index (κ2) is 6.15. The van der Waals surface area contributed by atoms with Crippen molar-refractivity contribution >= 4 is 0 Å². The molecule has 0 radical (unpaired) electrons. The first-order valence-electron chi connectivity index (χ1n) is 6.98. The van der Waals surface area contributed by atoms with Crippen LogP contribution < -0.4 is 5.32 Å². The lowest BCUT2D eigenvalue weighted by Crippen LogP contribution is -2.28. The third-order valence-corrected chi connectivity index (χ3v) is 3.71. The molecule has 1 fully saturated rings. The maximum absolute atomic E-state index is 4.71. The molecule has 0 aliphatic heterocycles. The van der Waals surface area contributed by atoms with E-state index in [1.807, 2.05) is 0 Å². The van der Waals surface area contributed by atoms with Crippen LogP contribution >= 0.6 is 0 Å². The van der Waals surface area contributed by atoms with Gasteiger partial charge in [0.1, 0.15) is 0 Å². The van der Waals surface area contributed by atoms with E-state index in [1.165, 1.54) is 37.8 Å². The standard InChI is InChI=1S/C15H24N2/c1-3-11-16-15(13-8-4-5-9-13)14-10-6-7-12(2)17-14/h6-7,10,13,15-16H,3-5,8-9,11H2,1-2H3. The third kappa shape index (κ3) is 3.29. The summed E-state index contributed by atoms with van der Waals surface area (Å²) in [6, 6.07) is 6.86. The molecule has 1 aliphatic carbocycles. The van der Waals surface area contributed by atoms with Crippen LogP contribution in [0.4, 0.5) is 0 Å². The highest BCUT2D eigenvalue weighted by Gasteiger charge is 2.26. The fraction of sp³-hybridized carbons (Fsp3) is 0.667. The molecular weight excluding hydrogens is 208 g/mol. The van der Waals surface area contributed by atoms with Crippen LogP contribution in [0.25, 0.3) is 0 Å². The predicted molar refractivity (Wildman–Crippen MR) is 72.0 cm³/mol. The van der Waals surface area contributed by atoms with E-state index in [4.69, 9.17) is 4.98 Å². The number of rotatable bonds is 5. The van der Waals surface area contributed by atoms with E-state index >= 15 is 0 Å². The summed E-state index contributed by atoms with van der Waals surface area (Å²) >= 11 is 0. The van der Waals surface area contributed by atoms with E-state index in [0.29, 0.717) is 6.04 Å². The summed E-state index contributed by atoms with van der Waals surface area (Å²) < 4.78 is 0. The Bertz CT molecular complexity index is 343. The predicted octanol–water partition coefficient (Wildman–Crippen LogP) is 3.62. The van der Waals surface area contributed by atoms with Crippen molar-refractivity contribution in [3.8, 4) is 0 Å². The van der Waals surface area contributed by atoms with Gasteiger partial charge in [0, 0.05) is 5.69 Å². The summed E-state index contributed by atoms with van der Waals surface area (Å²) in [6.45, 7) is 5.40. The van der Waals surface area contributed by atoms with Crippen molar-refractivity contribution in [1.82, 2.24) is 10.3 Å². The van der Waals surface area contributed by atoms with E-state index < -0.39 is 0 Å². The maximum atomic E-state index is 4.71. The summed E-state index contributed by atoms with van der Waals surface area (Å²) in [4.78, 5) is 4.71. The first-order chi connectivity index (χ1) is 8.31. The molecule has 1 saturated carbocycles. The Morgan fingerprint density at radius 1 is 1.35 bits per heavy atom. The Morgan fingerprint density at radius 3 is 2.76 bits per heavy atom. The molecule has 1 N–H and O–H groups in total. The number of hydrogen-bond acceptors (Lipinski definition) is 2. The van der Waals surface area contributed by atoms with Gasteiger partial charge in [-0.15, -0.1) is 0 Å². The molecule has 1 aliphatic rings. The van der Waals surface area contributed by atoms with Crippen molar-refractivity contribution < 1.29 is 0 Å². The molecule has 0 spiro atoms. The largest absolute Gasteiger partial charge is 0.308 e. The second-order valence-electron chi connectivity index (χ2n) is 5.18. The van der Waals surface area contributed by atoms with Crippen LogP contribution in [0.2, 0.25) is 0 Å². The number of nitrogens with one attached hydrogen (secondary N) is 1. The van der Waals surface area contributed by atoms with E-state index in [-0.39, 0.29) is 0 Å². The number of hydrogen-bond donors (Lipinski definition) is 1. The van der Waals surface area contributed by atoms with Gasteiger partial charge in [0.25, 0.3) is 0 Å². The smallest absolute Gasteiger partial charge is 0.0579 e. The Hall–Kier alpha value is -0.890. The van der Waals surface area contributed by atoms with Crippen LogP contribution in [0.5, 0.6) is 0 Å². The van der Waals surface area contributed by atoms with Gasteiger partial charge in [-0.3, -0.25) is 4.98 Å². The average molecular weight is 232 g/mol. The van der Waals surface area contributed by atoms with Crippen LogP contribution in [-0.4, -0.2) is 11.5 Å². The third-order valence-electron chi connectivity index (χ3n) is 3.71. The van der Waals surface area contributed by atoms with Crippen LogP contribution in [-0.2, 0) is 0 Å². The molecule has 1 unspecified atom stereocenters. The van der Waals surface area contributed by atoms with Crippen LogP contribution in [0.15, 0.2) is 18.2 Å². The van der Waals surface area contributed by atoms with E-state index in [2.05, 4.69) is 37.4 Å². The highest BCUT2D eigenvalue weighted by Crippen LogP contribution is 2.35. The van der Waals surface area contributed by atoms with Crippen molar-refractivity contribution in [2.75, 3.05) is 6.54 Å². The molecule has 17 heavy (non-hydrogen) atoms. The highest BCUT2D eigenvalue weighted by atomic mass is 14.9. The molecule has 2 rings (SSSR count). The maximum Gasteiger partial charge on any atom is 0.0579 e. The quantitative estimate of drug-likeness (QED) is 0.838. The molecule has 2 nitrogen and oxygen atoms in total. The molecule has 0 saturated heterocycles. The van der Waals surface area contributed by atoms with Gasteiger partial charge < -0.3 is 5.32 Å². The minimum atomic E-state index is 0.470. The molecule has 0 aromatic carbocycles. The zero-order valence-electron chi connectivity index (χ0n) is 11.1. The molecule has 1 heterocycles. The van der Waals surface area contributed by atoms with Gasteiger partial charge in [-0.2, -0.15) is 0 Å². The van der Waals surface area contributed by atoms with E-state index in [9.17, 15) is 0 Å². The number of pyridine rings is 1. The topological polar surface area (TPSA) is 24.9 Å². The van der Waals surface area contributed by atoms with Crippen molar-refractivity contribution in [2.45, 2.75) is 52.0 Å². The molecule has 0 amide bonds.